The van der Waals surface area contributed by atoms with E-state index in [0.717, 1.165) is 38.9 Å². The third kappa shape index (κ3) is 3.35. The summed E-state index contributed by atoms with van der Waals surface area (Å²) in [6.07, 6.45) is 5.72. The summed E-state index contributed by atoms with van der Waals surface area (Å²) in [4.78, 5) is 17.1. The Kier molecular flexibility index (Phi) is 6.37. The summed E-state index contributed by atoms with van der Waals surface area (Å²) >= 11 is 0. The van der Waals surface area contributed by atoms with Gasteiger partial charge in [-0.05, 0) is 32.2 Å². The van der Waals surface area contributed by atoms with Crippen LogP contribution in [0.25, 0.3) is 0 Å². The van der Waals surface area contributed by atoms with E-state index < -0.39 is 0 Å². The lowest BCUT2D eigenvalue weighted by atomic mass is 10.0. The molecule has 1 amide bonds. The first-order chi connectivity index (χ1) is 8.25. The van der Waals surface area contributed by atoms with Crippen molar-refractivity contribution >= 4 is 30.7 Å². The maximum absolute atomic E-state index is 12.4. The van der Waals surface area contributed by atoms with E-state index in [4.69, 9.17) is 5.73 Å². The van der Waals surface area contributed by atoms with Gasteiger partial charge in [-0.3, -0.25) is 9.69 Å². The molecule has 2 saturated heterocycles. The number of amides is 1. The molecule has 2 heterocycles. The minimum absolute atomic E-state index is 0. The molecule has 0 aromatic rings. The predicted molar refractivity (Wildman–Crippen MR) is 81.0 cm³/mol. The Balaban J connectivity index is 0.000000902. The average molecular weight is 310 g/mol. The Hall–Kier alpha value is -0.0300. The van der Waals surface area contributed by atoms with E-state index in [9.17, 15) is 4.79 Å². The van der Waals surface area contributed by atoms with Gasteiger partial charge >= 0.3 is 0 Å². The molecule has 4 nitrogen and oxygen atoms in total. The molecule has 3 fully saturated rings. The summed E-state index contributed by atoms with van der Waals surface area (Å²) in [7, 11) is 0. The van der Waals surface area contributed by atoms with E-state index in [1.165, 1.54) is 19.4 Å². The van der Waals surface area contributed by atoms with Crippen LogP contribution in [0.3, 0.4) is 0 Å². The SMILES string of the molecule is Cl.Cl.NC1CCCC1C(=O)N1CCN2CCCC2C1. The molecule has 0 bridgehead atoms. The van der Waals surface area contributed by atoms with E-state index in [2.05, 4.69) is 9.80 Å². The summed E-state index contributed by atoms with van der Waals surface area (Å²) in [6.45, 7) is 4.16. The molecule has 3 rings (SSSR count). The zero-order chi connectivity index (χ0) is 11.8. The van der Waals surface area contributed by atoms with Crippen LogP contribution in [0.15, 0.2) is 0 Å². The number of piperazine rings is 1. The van der Waals surface area contributed by atoms with Crippen LogP contribution in [0, 0.1) is 5.92 Å². The quantitative estimate of drug-likeness (QED) is 0.793. The summed E-state index contributed by atoms with van der Waals surface area (Å²) in [6, 6.07) is 0.745. The Morgan fingerprint density at radius 2 is 1.79 bits per heavy atom. The van der Waals surface area contributed by atoms with E-state index >= 15 is 0 Å². The molecular formula is C13H25Cl2N3O. The fraction of sp³-hybridized carbons (Fsp3) is 0.923. The second-order valence-electron chi connectivity index (χ2n) is 5.82. The van der Waals surface area contributed by atoms with Gasteiger partial charge in [-0.2, -0.15) is 0 Å². The summed E-state index contributed by atoms with van der Waals surface area (Å²) < 4.78 is 0. The van der Waals surface area contributed by atoms with Crippen LogP contribution in [0.2, 0.25) is 0 Å². The number of hydrogen-bond donors (Lipinski definition) is 1. The maximum atomic E-state index is 12.4. The number of carbonyl (C=O) groups excluding carboxylic acids is 1. The number of nitrogens with two attached hydrogens (primary N) is 1. The molecule has 2 aliphatic heterocycles. The normalized spacial score (nSPS) is 34.4. The lowest BCUT2D eigenvalue weighted by Gasteiger charge is -2.39. The highest BCUT2D eigenvalue weighted by Crippen LogP contribution is 2.28. The summed E-state index contributed by atoms with van der Waals surface area (Å²) in [5.74, 6) is 0.449. The molecular weight excluding hydrogens is 285 g/mol. The van der Waals surface area contributed by atoms with Crippen molar-refractivity contribution in [2.45, 2.75) is 44.2 Å². The van der Waals surface area contributed by atoms with Crippen LogP contribution in [0.4, 0.5) is 0 Å². The van der Waals surface area contributed by atoms with Crippen molar-refractivity contribution in [1.82, 2.24) is 9.80 Å². The second kappa shape index (κ2) is 7.11. The van der Waals surface area contributed by atoms with Crippen molar-refractivity contribution < 1.29 is 4.79 Å². The molecule has 19 heavy (non-hydrogen) atoms. The van der Waals surface area contributed by atoms with Gasteiger partial charge in [-0.25, -0.2) is 0 Å². The van der Waals surface area contributed by atoms with Crippen molar-refractivity contribution in [2.24, 2.45) is 11.7 Å². The topological polar surface area (TPSA) is 49.6 Å². The highest BCUT2D eigenvalue weighted by molar-refractivity contribution is 5.85. The minimum atomic E-state index is 0. The lowest BCUT2D eigenvalue weighted by Crippen LogP contribution is -2.54. The molecule has 3 aliphatic rings. The third-order valence-electron chi connectivity index (χ3n) is 4.79. The second-order valence-corrected chi connectivity index (χ2v) is 5.82. The van der Waals surface area contributed by atoms with Gasteiger partial charge in [0.25, 0.3) is 0 Å². The molecule has 3 unspecified atom stereocenters. The molecule has 2 N–H and O–H groups in total. The molecule has 1 aliphatic carbocycles. The predicted octanol–water partition coefficient (Wildman–Crippen LogP) is 1.26. The minimum Gasteiger partial charge on any atom is -0.340 e. The van der Waals surface area contributed by atoms with Gasteiger partial charge in [0, 0.05) is 31.7 Å². The maximum Gasteiger partial charge on any atom is 0.227 e. The van der Waals surface area contributed by atoms with Crippen molar-refractivity contribution in [2.75, 3.05) is 26.2 Å². The van der Waals surface area contributed by atoms with E-state index in [-0.39, 0.29) is 36.8 Å². The Morgan fingerprint density at radius 1 is 1.00 bits per heavy atom. The molecule has 3 atom stereocenters. The summed E-state index contributed by atoms with van der Waals surface area (Å²) in [5.41, 5.74) is 6.04. The third-order valence-corrected chi connectivity index (χ3v) is 4.79. The molecule has 0 spiro atoms. The van der Waals surface area contributed by atoms with Gasteiger partial charge < -0.3 is 10.6 Å². The van der Waals surface area contributed by atoms with Crippen LogP contribution >= 0.6 is 24.8 Å². The van der Waals surface area contributed by atoms with E-state index in [1.54, 1.807) is 0 Å². The van der Waals surface area contributed by atoms with Crippen molar-refractivity contribution in [1.29, 1.82) is 0 Å². The average Bonchev–Trinajstić information content (AvgIpc) is 2.95. The van der Waals surface area contributed by atoms with Crippen LogP contribution in [-0.4, -0.2) is 54.0 Å². The fourth-order valence-electron chi connectivity index (χ4n) is 3.72. The van der Waals surface area contributed by atoms with Gasteiger partial charge in [0.1, 0.15) is 0 Å². The number of nitrogens with zero attached hydrogens (tertiary/aromatic N) is 2. The smallest absolute Gasteiger partial charge is 0.227 e. The van der Waals surface area contributed by atoms with Crippen LogP contribution in [0.5, 0.6) is 0 Å². The Morgan fingerprint density at radius 3 is 2.47 bits per heavy atom. The van der Waals surface area contributed by atoms with Crippen molar-refractivity contribution in [3.8, 4) is 0 Å². The van der Waals surface area contributed by atoms with Gasteiger partial charge in [0.15, 0.2) is 0 Å². The van der Waals surface area contributed by atoms with Crippen molar-refractivity contribution in [3.63, 3.8) is 0 Å². The zero-order valence-corrected chi connectivity index (χ0v) is 12.9. The number of rotatable bonds is 1. The summed E-state index contributed by atoms with van der Waals surface area (Å²) in [5, 5.41) is 0. The van der Waals surface area contributed by atoms with E-state index in [1.807, 2.05) is 0 Å². The first-order valence-electron chi connectivity index (χ1n) is 7.04. The molecule has 6 heteroatoms. The molecule has 1 saturated carbocycles. The number of fused-ring (bicyclic) bond motifs is 1. The number of hydrogen-bond acceptors (Lipinski definition) is 3. The Labute approximate surface area is 127 Å². The number of halogens is 2. The molecule has 0 aromatic heterocycles. The standard InChI is InChI=1S/C13H23N3O.2ClH/c14-12-5-1-4-11(12)13(17)16-8-7-15-6-2-3-10(15)9-16;;/h10-12H,1-9,14H2;2*1H. The highest BCUT2D eigenvalue weighted by Gasteiger charge is 2.37. The van der Waals surface area contributed by atoms with Crippen LogP contribution < -0.4 is 5.73 Å². The first kappa shape index (κ1) is 17.0. The first-order valence-corrected chi connectivity index (χ1v) is 7.04. The van der Waals surface area contributed by atoms with Crippen LogP contribution in [-0.2, 0) is 4.79 Å². The Bertz CT molecular complexity index is 316. The zero-order valence-electron chi connectivity index (χ0n) is 11.3. The largest absolute Gasteiger partial charge is 0.340 e. The van der Waals surface area contributed by atoms with Crippen molar-refractivity contribution in [3.05, 3.63) is 0 Å². The molecule has 112 valence electrons. The van der Waals surface area contributed by atoms with E-state index in [0.29, 0.717) is 11.9 Å². The number of carbonyl (C=O) groups is 1. The molecule has 0 radical (unpaired) electrons. The van der Waals surface area contributed by atoms with Gasteiger partial charge in [0.2, 0.25) is 5.91 Å². The fourth-order valence-corrected chi connectivity index (χ4v) is 3.72. The van der Waals surface area contributed by atoms with Gasteiger partial charge in [-0.15, -0.1) is 24.8 Å². The molecule has 0 aromatic carbocycles. The highest BCUT2D eigenvalue weighted by atomic mass is 35.5. The lowest BCUT2D eigenvalue weighted by molar-refractivity contribution is -0.138. The van der Waals surface area contributed by atoms with Gasteiger partial charge in [0.05, 0.1) is 5.92 Å². The van der Waals surface area contributed by atoms with Crippen LogP contribution in [0.1, 0.15) is 32.1 Å². The van der Waals surface area contributed by atoms with Gasteiger partial charge in [-0.1, -0.05) is 6.42 Å². The monoisotopic (exact) mass is 309 g/mol.